The minimum absolute atomic E-state index is 0. The Morgan fingerprint density at radius 2 is 1.62 bits per heavy atom. The number of quaternary nitrogens is 2. The molecule has 0 aromatic rings. The molecule has 2 nitrogen and oxygen atoms in total. The molecule has 0 aromatic heterocycles. The van der Waals surface area contributed by atoms with Crippen molar-refractivity contribution in [2.45, 2.75) is 50.9 Å². The molecule has 2 saturated heterocycles. The highest BCUT2D eigenvalue weighted by molar-refractivity contribution is 6.77. The van der Waals surface area contributed by atoms with Gasteiger partial charge >= 0.3 is 0 Å². The summed E-state index contributed by atoms with van der Waals surface area (Å²) in [5.41, 5.74) is 0.744. The standard InChI is InChI=1S/C17H38N2Si.HI/c1-18(2,3)11-7-12-19(4)13-8-17(16-19)9-14-20(5,6)15-10-17;/h7-16H2,1-6H3;1H/q+2;/p-1. The zero-order chi connectivity index (χ0) is 15.1. The molecule has 0 bridgehead atoms. The molecule has 1 unspecified atom stereocenters. The van der Waals surface area contributed by atoms with E-state index < -0.39 is 8.07 Å². The Bertz CT molecular complexity index is 341. The molecule has 0 aliphatic carbocycles. The van der Waals surface area contributed by atoms with Gasteiger partial charge in [-0.3, -0.25) is 0 Å². The normalized spacial score (nSPS) is 31.1. The van der Waals surface area contributed by atoms with Gasteiger partial charge in [-0.2, -0.15) is 0 Å². The molecule has 0 aromatic carbocycles. The lowest BCUT2D eigenvalue weighted by molar-refractivity contribution is -0.910. The Labute approximate surface area is 151 Å². The van der Waals surface area contributed by atoms with Crippen LogP contribution in [0.2, 0.25) is 25.2 Å². The lowest BCUT2D eigenvalue weighted by Gasteiger charge is -2.40. The maximum absolute atomic E-state index is 2.60. The zero-order valence-corrected chi connectivity index (χ0v) is 18.5. The van der Waals surface area contributed by atoms with Crippen LogP contribution < -0.4 is 24.0 Å². The lowest BCUT2D eigenvalue weighted by atomic mass is 9.81. The fourth-order valence-corrected chi connectivity index (χ4v) is 7.12. The molecule has 0 radical (unpaired) electrons. The van der Waals surface area contributed by atoms with E-state index >= 15 is 0 Å². The summed E-state index contributed by atoms with van der Waals surface area (Å²) in [6.07, 6.45) is 6.00. The fourth-order valence-electron chi connectivity index (χ4n) is 4.46. The van der Waals surface area contributed by atoms with Crippen LogP contribution >= 0.6 is 0 Å². The van der Waals surface area contributed by atoms with Gasteiger partial charge in [0.1, 0.15) is 0 Å². The molecule has 1 atom stereocenters. The number of hydrogen-bond donors (Lipinski definition) is 0. The van der Waals surface area contributed by atoms with Crippen LogP contribution in [0.3, 0.4) is 0 Å². The summed E-state index contributed by atoms with van der Waals surface area (Å²) in [6, 6.07) is 3.18. The van der Waals surface area contributed by atoms with Crippen LogP contribution in [0.1, 0.15) is 25.7 Å². The highest BCUT2D eigenvalue weighted by Gasteiger charge is 2.49. The number of rotatable bonds is 4. The largest absolute Gasteiger partial charge is 1.00 e. The highest BCUT2D eigenvalue weighted by Crippen LogP contribution is 2.48. The van der Waals surface area contributed by atoms with Crippen molar-refractivity contribution in [3.63, 3.8) is 0 Å². The average molecular weight is 425 g/mol. The maximum atomic E-state index is 2.60. The molecule has 2 aliphatic rings. The minimum atomic E-state index is -0.790. The monoisotopic (exact) mass is 425 g/mol. The van der Waals surface area contributed by atoms with Crippen molar-refractivity contribution in [3.05, 3.63) is 0 Å². The van der Waals surface area contributed by atoms with Gasteiger partial charge in [-0.25, -0.2) is 0 Å². The summed E-state index contributed by atoms with van der Waals surface area (Å²) in [4.78, 5) is 0. The quantitative estimate of drug-likeness (QED) is 0.348. The first kappa shape index (κ1) is 19.9. The fraction of sp³-hybridized carbons (Fsp3) is 1.00. The van der Waals surface area contributed by atoms with Crippen molar-refractivity contribution in [1.29, 1.82) is 0 Å². The van der Waals surface area contributed by atoms with Crippen molar-refractivity contribution in [3.8, 4) is 0 Å². The second kappa shape index (κ2) is 6.77. The molecule has 2 rings (SSSR count). The third kappa shape index (κ3) is 5.77. The van der Waals surface area contributed by atoms with E-state index in [1.807, 2.05) is 0 Å². The van der Waals surface area contributed by atoms with Gasteiger partial charge in [-0.15, -0.1) is 0 Å². The van der Waals surface area contributed by atoms with E-state index in [0.29, 0.717) is 0 Å². The molecule has 21 heavy (non-hydrogen) atoms. The van der Waals surface area contributed by atoms with Crippen LogP contribution in [0.25, 0.3) is 0 Å². The molecule has 2 fully saturated rings. The Balaban J connectivity index is 0.00000220. The highest BCUT2D eigenvalue weighted by atomic mass is 127. The Morgan fingerprint density at radius 1 is 1.05 bits per heavy atom. The second-order valence-corrected chi connectivity index (χ2v) is 15.3. The molecule has 2 heterocycles. The molecule has 0 amide bonds. The number of likely N-dealkylation sites (tertiary alicyclic amines) is 1. The molecule has 4 heteroatoms. The van der Waals surface area contributed by atoms with E-state index in [2.05, 4.69) is 41.3 Å². The van der Waals surface area contributed by atoms with Gasteiger partial charge in [-0.1, -0.05) is 25.2 Å². The smallest absolute Gasteiger partial charge is 0.0843 e. The number of nitrogens with zero attached hydrogens (tertiary/aromatic N) is 2. The molecule has 2 aliphatic heterocycles. The van der Waals surface area contributed by atoms with Gasteiger partial charge in [0.05, 0.1) is 54.4 Å². The number of hydrogen-bond acceptors (Lipinski definition) is 0. The maximum Gasteiger partial charge on any atom is 0.0843 e. The van der Waals surface area contributed by atoms with Crippen molar-refractivity contribution in [2.24, 2.45) is 5.41 Å². The van der Waals surface area contributed by atoms with Crippen molar-refractivity contribution in [2.75, 3.05) is 54.4 Å². The Hall–Kier alpha value is 0.867. The van der Waals surface area contributed by atoms with Crippen LogP contribution in [-0.4, -0.2) is 71.4 Å². The first-order chi connectivity index (χ1) is 9.04. The summed E-state index contributed by atoms with van der Waals surface area (Å²) in [5, 5.41) is 0. The molecular formula is C17H38IN2Si+. The second-order valence-electron chi connectivity index (χ2n) is 10.0. The summed E-state index contributed by atoms with van der Waals surface area (Å²) < 4.78 is 2.48. The van der Waals surface area contributed by atoms with E-state index in [1.165, 1.54) is 43.5 Å². The van der Waals surface area contributed by atoms with Gasteiger partial charge < -0.3 is 32.9 Å². The zero-order valence-electron chi connectivity index (χ0n) is 15.3. The predicted octanol–water partition coefficient (Wildman–Crippen LogP) is 0.426. The molecule has 0 N–H and O–H groups in total. The van der Waals surface area contributed by atoms with Crippen LogP contribution in [-0.2, 0) is 0 Å². The van der Waals surface area contributed by atoms with Gasteiger partial charge in [-0.05, 0) is 12.8 Å². The predicted molar refractivity (Wildman–Crippen MR) is 91.7 cm³/mol. The summed E-state index contributed by atoms with van der Waals surface area (Å²) in [5.74, 6) is 0. The Morgan fingerprint density at radius 3 is 2.14 bits per heavy atom. The van der Waals surface area contributed by atoms with Crippen LogP contribution in [0.4, 0.5) is 0 Å². The van der Waals surface area contributed by atoms with Crippen LogP contribution in [0.15, 0.2) is 0 Å². The van der Waals surface area contributed by atoms with E-state index in [4.69, 9.17) is 0 Å². The van der Waals surface area contributed by atoms with Gasteiger partial charge in [0.2, 0.25) is 0 Å². The van der Waals surface area contributed by atoms with Gasteiger partial charge in [0.15, 0.2) is 0 Å². The van der Waals surface area contributed by atoms with Crippen molar-refractivity contribution < 1.29 is 32.9 Å². The number of halogens is 1. The van der Waals surface area contributed by atoms with E-state index in [1.54, 1.807) is 24.9 Å². The van der Waals surface area contributed by atoms with Crippen LogP contribution in [0.5, 0.6) is 0 Å². The van der Waals surface area contributed by atoms with E-state index in [9.17, 15) is 0 Å². The summed E-state index contributed by atoms with van der Waals surface area (Å²) >= 11 is 0. The van der Waals surface area contributed by atoms with Gasteiger partial charge in [0.25, 0.3) is 0 Å². The molecule has 126 valence electrons. The first-order valence-corrected chi connectivity index (χ1v) is 12.1. The Kier molecular flexibility index (Phi) is 6.42. The topological polar surface area (TPSA) is 0 Å². The lowest BCUT2D eigenvalue weighted by Crippen LogP contribution is -3.00. The average Bonchev–Trinajstić information content (AvgIpc) is 2.61. The summed E-state index contributed by atoms with van der Waals surface area (Å²) in [7, 11) is 8.70. The summed E-state index contributed by atoms with van der Waals surface area (Å²) in [6.45, 7) is 10.8. The van der Waals surface area contributed by atoms with Crippen LogP contribution in [0, 0.1) is 5.41 Å². The van der Waals surface area contributed by atoms with E-state index in [0.717, 1.165) is 9.90 Å². The van der Waals surface area contributed by atoms with Crippen molar-refractivity contribution in [1.82, 2.24) is 0 Å². The SMILES string of the molecule is C[N+](C)(C)CCC[N+]1(C)CCC2(CC[Si](C)(C)CC2)C1.[I-]. The van der Waals surface area contributed by atoms with E-state index in [-0.39, 0.29) is 24.0 Å². The third-order valence-electron chi connectivity index (χ3n) is 6.09. The van der Waals surface area contributed by atoms with Crippen molar-refractivity contribution >= 4 is 8.07 Å². The van der Waals surface area contributed by atoms with Gasteiger partial charge in [0, 0.05) is 26.3 Å². The molecular weight excluding hydrogens is 387 g/mol. The minimum Gasteiger partial charge on any atom is -1.00 e. The first-order valence-electron chi connectivity index (χ1n) is 8.68. The third-order valence-corrected chi connectivity index (χ3v) is 9.30. The molecule has 0 saturated carbocycles. The molecule has 1 spiro atoms.